The van der Waals surface area contributed by atoms with E-state index in [1.165, 1.54) is 0 Å². The predicted molar refractivity (Wildman–Crippen MR) is 132 cm³/mol. The van der Waals surface area contributed by atoms with Gasteiger partial charge in [0, 0.05) is 0 Å². The first-order valence-corrected chi connectivity index (χ1v) is 12.0. The molecule has 2 amide bonds. The van der Waals surface area contributed by atoms with Gasteiger partial charge < -0.3 is 21.1 Å². The second-order valence-electron chi connectivity index (χ2n) is 10.0. The van der Waals surface area contributed by atoms with E-state index in [1.807, 2.05) is 71.9 Å². The van der Waals surface area contributed by atoms with Crippen molar-refractivity contribution >= 4 is 23.6 Å². The fourth-order valence-corrected chi connectivity index (χ4v) is 3.55. The molecule has 0 saturated heterocycles. The van der Waals surface area contributed by atoms with Crippen LogP contribution in [0.5, 0.6) is 0 Å². The second-order valence-corrected chi connectivity index (χ2v) is 10.0. The number of amides is 2. The molecular weight excluding hydrogens is 434 g/mol. The van der Waals surface area contributed by atoms with E-state index in [0.717, 1.165) is 5.56 Å². The Balaban J connectivity index is 2.91. The van der Waals surface area contributed by atoms with Crippen molar-refractivity contribution in [3.05, 3.63) is 35.9 Å². The minimum Gasteiger partial charge on any atom is -0.445 e. The van der Waals surface area contributed by atoms with Gasteiger partial charge in [-0.25, -0.2) is 4.79 Å². The maximum Gasteiger partial charge on any atom is 0.408 e. The first-order chi connectivity index (χ1) is 15.9. The number of alkyl carbamates (subject to hydrolysis) is 1. The first-order valence-electron chi connectivity index (χ1n) is 12.0. The fraction of sp³-hybridized carbons (Fsp3) is 0.615. The first kappa shape index (κ1) is 29.3. The van der Waals surface area contributed by atoms with Crippen molar-refractivity contribution in [1.82, 2.24) is 10.6 Å². The summed E-state index contributed by atoms with van der Waals surface area (Å²) in [6.45, 7) is 11.5. The van der Waals surface area contributed by atoms with Crippen LogP contribution in [-0.2, 0) is 25.7 Å². The van der Waals surface area contributed by atoms with Crippen LogP contribution < -0.4 is 16.4 Å². The van der Waals surface area contributed by atoms with Gasteiger partial charge in [0.25, 0.3) is 0 Å². The Bertz CT molecular complexity index is 808. The average Bonchev–Trinajstić information content (AvgIpc) is 2.75. The number of nitrogens with two attached hydrogens (primary N) is 1. The van der Waals surface area contributed by atoms with Crippen molar-refractivity contribution in [2.24, 2.45) is 23.5 Å². The Hall–Kier alpha value is -2.74. The van der Waals surface area contributed by atoms with Gasteiger partial charge in [-0.05, 0) is 42.6 Å². The zero-order valence-electron chi connectivity index (χ0n) is 21.3. The van der Waals surface area contributed by atoms with Crippen LogP contribution in [0.2, 0.25) is 0 Å². The molecule has 8 heteroatoms. The van der Waals surface area contributed by atoms with Gasteiger partial charge in [-0.2, -0.15) is 0 Å². The lowest BCUT2D eigenvalue weighted by molar-refractivity contribution is -0.140. The third-order valence-electron chi connectivity index (χ3n) is 5.17. The summed E-state index contributed by atoms with van der Waals surface area (Å²) in [6, 6.07) is 6.33. The number of hydrogen-bond donors (Lipinski definition) is 3. The van der Waals surface area contributed by atoms with Crippen LogP contribution in [0, 0.1) is 17.8 Å². The zero-order chi connectivity index (χ0) is 25.8. The number of nitrogens with one attached hydrogen (secondary N) is 2. The lowest BCUT2D eigenvalue weighted by Crippen LogP contribution is -2.54. The van der Waals surface area contributed by atoms with Crippen molar-refractivity contribution in [2.45, 2.75) is 85.5 Å². The van der Waals surface area contributed by atoms with Gasteiger partial charge in [0.1, 0.15) is 6.61 Å². The SMILES string of the molecule is CC(C)C[C@H](NC(=O)OCc1ccccc1)C(=O)C(=O)[C@H](CC(C)C)NC(=O)[C@@H](N)CC(C)C. The molecule has 190 valence electrons. The number of Topliss-reactive ketones (excluding diaryl/α,β-unsaturated/α-hetero) is 2. The lowest BCUT2D eigenvalue weighted by atomic mass is 9.91. The molecule has 1 aromatic rings. The third kappa shape index (κ3) is 10.9. The molecule has 0 unspecified atom stereocenters. The van der Waals surface area contributed by atoms with E-state index in [0.29, 0.717) is 6.42 Å². The van der Waals surface area contributed by atoms with Gasteiger partial charge in [-0.15, -0.1) is 0 Å². The standard InChI is InChI=1S/C26H41N3O5/c1-16(2)12-20(27)25(32)28-21(13-17(3)4)23(30)24(31)22(14-18(5)6)29-26(33)34-15-19-10-8-7-9-11-19/h7-11,16-18,20-22H,12-15,27H2,1-6H3,(H,28,32)(H,29,33)/t20-,21-,22-/m0/s1. The molecular formula is C26H41N3O5. The van der Waals surface area contributed by atoms with Crippen LogP contribution in [-0.4, -0.2) is 41.7 Å². The van der Waals surface area contributed by atoms with Gasteiger partial charge in [-0.1, -0.05) is 71.9 Å². The van der Waals surface area contributed by atoms with Crippen molar-refractivity contribution < 1.29 is 23.9 Å². The minimum atomic E-state index is -1.05. The van der Waals surface area contributed by atoms with Crippen LogP contribution in [0.1, 0.15) is 66.4 Å². The van der Waals surface area contributed by atoms with E-state index in [2.05, 4.69) is 10.6 Å². The molecule has 4 N–H and O–H groups in total. The van der Waals surface area contributed by atoms with Crippen LogP contribution in [0.25, 0.3) is 0 Å². The highest BCUT2D eigenvalue weighted by Gasteiger charge is 2.34. The van der Waals surface area contributed by atoms with Crippen molar-refractivity contribution in [3.8, 4) is 0 Å². The largest absolute Gasteiger partial charge is 0.445 e. The average molecular weight is 476 g/mol. The molecule has 0 spiro atoms. The number of ketones is 2. The summed E-state index contributed by atoms with van der Waals surface area (Å²) in [5.41, 5.74) is 6.77. The monoisotopic (exact) mass is 475 g/mol. The molecule has 0 aliphatic rings. The van der Waals surface area contributed by atoms with Crippen LogP contribution in [0.3, 0.4) is 0 Å². The number of carbonyl (C=O) groups is 4. The third-order valence-corrected chi connectivity index (χ3v) is 5.17. The molecule has 0 aliphatic heterocycles. The van der Waals surface area contributed by atoms with Gasteiger partial charge in [0.2, 0.25) is 17.5 Å². The highest BCUT2D eigenvalue weighted by Crippen LogP contribution is 2.13. The topological polar surface area (TPSA) is 128 Å². The zero-order valence-corrected chi connectivity index (χ0v) is 21.3. The van der Waals surface area contributed by atoms with Crippen LogP contribution >= 0.6 is 0 Å². The summed E-state index contributed by atoms with van der Waals surface area (Å²) in [5.74, 6) is -1.66. The molecule has 0 aromatic heterocycles. The van der Waals surface area contributed by atoms with Crippen LogP contribution in [0.4, 0.5) is 4.79 Å². The van der Waals surface area contributed by atoms with Crippen molar-refractivity contribution in [3.63, 3.8) is 0 Å². The maximum absolute atomic E-state index is 13.1. The number of benzene rings is 1. The normalized spacial score (nSPS) is 13.9. The van der Waals surface area contributed by atoms with E-state index in [-0.39, 0.29) is 37.2 Å². The molecule has 0 aliphatic carbocycles. The van der Waals surface area contributed by atoms with Crippen LogP contribution in [0.15, 0.2) is 30.3 Å². The number of carbonyl (C=O) groups excluding carboxylic acids is 4. The summed E-state index contributed by atoms with van der Waals surface area (Å²) >= 11 is 0. The van der Waals surface area contributed by atoms with E-state index in [4.69, 9.17) is 10.5 Å². The smallest absolute Gasteiger partial charge is 0.408 e. The summed E-state index contributed by atoms with van der Waals surface area (Å²) in [4.78, 5) is 51.2. The Labute approximate surface area is 203 Å². The summed E-state index contributed by atoms with van der Waals surface area (Å²) in [7, 11) is 0. The highest BCUT2D eigenvalue weighted by atomic mass is 16.5. The highest BCUT2D eigenvalue weighted by molar-refractivity contribution is 6.41. The van der Waals surface area contributed by atoms with Crippen molar-refractivity contribution in [2.75, 3.05) is 0 Å². The van der Waals surface area contributed by atoms with E-state index in [9.17, 15) is 19.2 Å². The summed E-state index contributed by atoms with van der Waals surface area (Å²) in [5, 5.41) is 5.20. The number of ether oxygens (including phenoxy) is 1. The molecule has 0 saturated carbocycles. The van der Waals surface area contributed by atoms with E-state index >= 15 is 0 Å². The maximum atomic E-state index is 13.1. The lowest BCUT2D eigenvalue weighted by Gasteiger charge is -2.24. The Morgan fingerprint density at radius 1 is 0.765 bits per heavy atom. The molecule has 1 rings (SSSR count). The Kier molecular flexibility index (Phi) is 12.5. The van der Waals surface area contributed by atoms with Gasteiger partial charge >= 0.3 is 6.09 Å². The van der Waals surface area contributed by atoms with Gasteiger partial charge in [-0.3, -0.25) is 14.4 Å². The Morgan fingerprint density at radius 3 is 1.71 bits per heavy atom. The summed E-state index contributed by atoms with van der Waals surface area (Å²) < 4.78 is 5.23. The van der Waals surface area contributed by atoms with Crippen molar-refractivity contribution in [1.29, 1.82) is 0 Å². The molecule has 3 atom stereocenters. The quantitative estimate of drug-likeness (QED) is 0.354. The summed E-state index contributed by atoms with van der Waals surface area (Å²) in [6.07, 6.45) is 0.240. The number of rotatable bonds is 14. The predicted octanol–water partition coefficient (Wildman–Crippen LogP) is 3.37. The fourth-order valence-electron chi connectivity index (χ4n) is 3.55. The van der Waals surface area contributed by atoms with Gasteiger partial charge in [0.05, 0.1) is 18.1 Å². The van der Waals surface area contributed by atoms with Gasteiger partial charge in [0.15, 0.2) is 0 Å². The molecule has 34 heavy (non-hydrogen) atoms. The molecule has 0 heterocycles. The minimum absolute atomic E-state index is 0.0359. The molecule has 0 fully saturated rings. The molecule has 8 nitrogen and oxygen atoms in total. The van der Waals surface area contributed by atoms with E-state index < -0.39 is 41.7 Å². The molecule has 0 bridgehead atoms. The molecule has 0 radical (unpaired) electrons. The van der Waals surface area contributed by atoms with E-state index in [1.54, 1.807) is 0 Å². The Morgan fingerprint density at radius 2 is 1.24 bits per heavy atom. The molecule has 1 aromatic carbocycles. The number of hydrogen-bond acceptors (Lipinski definition) is 6. The second kappa shape index (κ2) is 14.5.